The third-order valence-electron chi connectivity index (χ3n) is 1.96. The Morgan fingerprint density at radius 2 is 2.06 bits per heavy atom. The number of methoxy groups -OCH3 is 1. The number of ether oxygens (including phenoxy) is 1. The van der Waals surface area contributed by atoms with E-state index in [4.69, 9.17) is 4.74 Å². The molecule has 0 radical (unpaired) electrons. The van der Waals surface area contributed by atoms with E-state index in [0.29, 0.717) is 0 Å². The van der Waals surface area contributed by atoms with Crippen molar-refractivity contribution in [2.24, 2.45) is 4.40 Å². The average Bonchev–Trinajstić information content (AvgIpc) is 2.34. The Bertz CT molecular complexity index is 343. The van der Waals surface area contributed by atoms with Gasteiger partial charge < -0.3 is 4.74 Å². The van der Waals surface area contributed by atoms with Gasteiger partial charge in [0, 0.05) is 23.1 Å². The molecular formula is C13H17NOS. The Kier molecular flexibility index (Phi) is 6.42. The van der Waals surface area contributed by atoms with Crippen molar-refractivity contribution in [1.82, 2.24) is 0 Å². The fraction of sp³-hybridized carbons (Fsp3) is 0.308. The average molecular weight is 235 g/mol. The minimum Gasteiger partial charge on any atom is -0.497 e. The summed E-state index contributed by atoms with van der Waals surface area (Å²) in [5, 5.41) is 0. The summed E-state index contributed by atoms with van der Waals surface area (Å²) in [6.45, 7) is 2.16. The molecule has 2 nitrogen and oxygen atoms in total. The van der Waals surface area contributed by atoms with Crippen LogP contribution in [0.5, 0.6) is 5.75 Å². The lowest BCUT2D eigenvalue weighted by Crippen LogP contribution is -1.80. The van der Waals surface area contributed by atoms with Gasteiger partial charge in [0.2, 0.25) is 0 Å². The summed E-state index contributed by atoms with van der Waals surface area (Å²) in [5.74, 6) is 0.871. The summed E-state index contributed by atoms with van der Waals surface area (Å²) in [5.41, 5.74) is 0. The van der Waals surface area contributed by atoms with Crippen molar-refractivity contribution in [3.63, 3.8) is 0 Å². The molecule has 0 fully saturated rings. The van der Waals surface area contributed by atoms with Crippen molar-refractivity contribution in [2.75, 3.05) is 7.11 Å². The normalized spacial score (nSPS) is 11.4. The lowest BCUT2D eigenvalue weighted by molar-refractivity contribution is 0.414. The van der Waals surface area contributed by atoms with Gasteiger partial charge in [0.1, 0.15) is 5.75 Å². The molecule has 1 aromatic carbocycles. The molecule has 0 aromatic heterocycles. The fourth-order valence-corrected chi connectivity index (χ4v) is 1.60. The van der Waals surface area contributed by atoms with E-state index in [1.165, 1.54) is 18.4 Å². The molecule has 0 aliphatic rings. The second kappa shape index (κ2) is 7.99. The van der Waals surface area contributed by atoms with E-state index in [1.807, 2.05) is 36.6 Å². The Labute approximate surface area is 102 Å². The highest BCUT2D eigenvalue weighted by Gasteiger charge is 1.92. The van der Waals surface area contributed by atoms with Gasteiger partial charge in [-0.05, 0) is 36.8 Å². The van der Waals surface area contributed by atoms with Crippen LogP contribution in [0.3, 0.4) is 0 Å². The van der Waals surface area contributed by atoms with Gasteiger partial charge in [-0.15, -0.1) is 0 Å². The number of benzene rings is 1. The molecular weight excluding hydrogens is 218 g/mol. The van der Waals surface area contributed by atoms with Gasteiger partial charge in [-0.2, -0.15) is 0 Å². The van der Waals surface area contributed by atoms with Crippen LogP contribution in [0, 0.1) is 0 Å². The molecule has 0 atom stereocenters. The molecule has 0 saturated carbocycles. The highest BCUT2D eigenvalue weighted by atomic mass is 32.2. The molecule has 0 unspecified atom stereocenters. The van der Waals surface area contributed by atoms with Crippen molar-refractivity contribution < 1.29 is 4.74 Å². The van der Waals surface area contributed by atoms with E-state index >= 15 is 0 Å². The van der Waals surface area contributed by atoms with Gasteiger partial charge in [0.25, 0.3) is 0 Å². The first-order valence-corrected chi connectivity index (χ1v) is 6.13. The van der Waals surface area contributed by atoms with Crippen molar-refractivity contribution >= 4 is 18.2 Å². The van der Waals surface area contributed by atoms with E-state index in [-0.39, 0.29) is 0 Å². The van der Waals surface area contributed by atoms with Gasteiger partial charge in [0.15, 0.2) is 0 Å². The highest BCUT2D eigenvalue weighted by molar-refractivity contribution is 7.98. The van der Waals surface area contributed by atoms with Crippen LogP contribution in [-0.2, 0) is 0 Å². The summed E-state index contributed by atoms with van der Waals surface area (Å²) in [7, 11) is 1.67. The third-order valence-corrected chi connectivity index (χ3v) is 2.67. The molecule has 0 heterocycles. The fourth-order valence-electron chi connectivity index (χ4n) is 1.09. The van der Waals surface area contributed by atoms with E-state index in [1.54, 1.807) is 7.11 Å². The predicted molar refractivity (Wildman–Crippen MR) is 71.4 cm³/mol. The molecule has 3 heteroatoms. The molecule has 86 valence electrons. The number of hydrogen-bond acceptors (Lipinski definition) is 3. The minimum atomic E-state index is 0.871. The molecule has 1 rings (SSSR count). The number of allylic oxidation sites excluding steroid dienone is 2. The zero-order valence-electron chi connectivity index (χ0n) is 9.72. The van der Waals surface area contributed by atoms with Crippen LogP contribution in [0.1, 0.15) is 19.8 Å². The maximum absolute atomic E-state index is 5.08. The highest BCUT2D eigenvalue weighted by Crippen LogP contribution is 2.21. The minimum absolute atomic E-state index is 0.871. The predicted octanol–water partition coefficient (Wildman–Crippen LogP) is 4.13. The zero-order valence-corrected chi connectivity index (χ0v) is 10.5. The third kappa shape index (κ3) is 5.03. The van der Waals surface area contributed by atoms with Gasteiger partial charge in [-0.3, -0.25) is 0 Å². The first-order chi connectivity index (χ1) is 7.86. The van der Waals surface area contributed by atoms with Crippen LogP contribution >= 0.6 is 11.9 Å². The molecule has 0 spiro atoms. The second-order valence-corrected chi connectivity index (χ2v) is 4.10. The maximum atomic E-state index is 5.08. The lowest BCUT2D eigenvalue weighted by Gasteiger charge is -1.99. The summed E-state index contributed by atoms with van der Waals surface area (Å²) >= 11 is 1.46. The molecule has 16 heavy (non-hydrogen) atoms. The molecule has 1 aromatic rings. The summed E-state index contributed by atoms with van der Waals surface area (Å²) in [6, 6.07) is 7.86. The SMILES string of the molecule is CCC/C=C/C=N/Sc1ccc(OC)cc1. The molecule has 0 saturated heterocycles. The number of unbranched alkanes of at least 4 members (excludes halogenated alkanes) is 1. The van der Waals surface area contributed by atoms with Crippen LogP contribution in [0.4, 0.5) is 0 Å². The van der Waals surface area contributed by atoms with Gasteiger partial charge in [-0.1, -0.05) is 19.4 Å². The molecule has 0 bridgehead atoms. The van der Waals surface area contributed by atoms with E-state index in [2.05, 4.69) is 17.4 Å². The standard InChI is InChI=1S/C13H17NOS/c1-3-4-5-6-11-14-16-13-9-7-12(15-2)8-10-13/h5-11H,3-4H2,1-2H3/b6-5+,14-11+. The Balaban J connectivity index is 2.36. The van der Waals surface area contributed by atoms with Crippen LogP contribution < -0.4 is 4.74 Å². The largest absolute Gasteiger partial charge is 0.497 e. The summed E-state index contributed by atoms with van der Waals surface area (Å²) in [6.07, 6.45) is 8.22. The van der Waals surface area contributed by atoms with Crippen LogP contribution in [-0.4, -0.2) is 13.3 Å². The van der Waals surface area contributed by atoms with E-state index in [0.717, 1.165) is 17.1 Å². The summed E-state index contributed by atoms with van der Waals surface area (Å²) < 4.78 is 9.31. The van der Waals surface area contributed by atoms with Crippen molar-refractivity contribution in [1.29, 1.82) is 0 Å². The van der Waals surface area contributed by atoms with Crippen LogP contribution in [0.15, 0.2) is 45.7 Å². The number of nitrogens with zero attached hydrogens (tertiary/aromatic N) is 1. The zero-order chi connectivity index (χ0) is 11.6. The van der Waals surface area contributed by atoms with Gasteiger partial charge >= 0.3 is 0 Å². The van der Waals surface area contributed by atoms with Gasteiger partial charge in [-0.25, -0.2) is 4.40 Å². The van der Waals surface area contributed by atoms with Crippen LogP contribution in [0.25, 0.3) is 0 Å². The Morgan fingerprint density at radius 3 is 2.69 bits per heavy atom. The number of hydrogen-bond donors (Lipinski definition) is 0. The van der Waals surface area contributed by atoms with Crippen molar-refractivity contribution in [3.8, 4) is 5.75 Å². The lowest BCUT2D eigenvalue weighted by atomic mass is 10.3. The summed E-state index contributed by atoms with van der Waals surface area (Å²) in [4.78, 5) is 1.11. The molecule has 0 aliphatic heterocycles. The quantitative estimate of drug-likeness (QED) is 0.546. The Morgan fingerprint density at radius 1 is 1.31 bits per heavy atom. The monoisotopic (exact) mass is 235 g/mol. The number of rotatable bonds is 6. The van der Waals surface area contributed by atoms with Crippen molar-refractivity contribution in [3.05, 3.63) is 36.4 Å². The first-order valence-electron chi connectivity index (χ1n) is 5.36. The Hall–Kier alpha value is -1.22. The maximum Gasteiger partial charge on any atom is 0.118 e. The smallest absolute Gasteiger partial charge is 0.118 e. The second-order valence-electron chi connectivity index (χ2n) is 3.24. The first kappa shape index (κ1) is 12.8. The van der Waals surface area contributed by atoms with Crippen molar-refractivity contribution in [2.45, 2.75) is 24.7 Å². The van der Waals surface area contributed by atoms with Crippen LogP contribution in [0.2, 0.25) is 0 Å². The van der Waals surface area contributed by atoms with Gasteiger partial charge in [0.05, 0.1) is 7.11 Å². The molecule has 0 amide bonds. The molecule has 0 N–H and O–H groups in total. The topological polar surface area (TPSA) is 21.6 Å². The van der Waals surface area contributed by atoms with E-state index in [9.17, 15) is 0 Å². The molecule has 0 aliphatic carbocycles. The van der Waals surface area contributed by atoms with E-state index < -0.39 is 0 Å².